The van der Waals surface area contributed by atoms with Gasteiger partial charge >= 0.3 is 24.2 Å². The Labute approximate surface area is 243 Å². The molecule has 1 aromatic rings. The Morgan fingerprint density at radius 3 is 1.95 bits per heavy atom. The number of amides is 3. The number of aromatic nitrogens is 1. The Kier molecular flexibility index (Phi) is 10.6. The van der Waals surface area contributed by atoms with Gasteiger partial charge in [-0.15, -0.1) is 0 Å². The number of hydrogen-bond acceptors (Lipinski definition) is 10. The zero-order chi connectivity index (χ0) is 31.3. The number of ether oxygens (including phenoxy) is 4. The number of methoxy groups -OCH3 is 1. The molecule has 1 N–H and O–H groups in total. The number of anilines is 2. The van der Waals surface area contributed by atoms with Crippen LogP contribution in [0.2, 0.25) is 0 Å². The van der Waals surface area contributed by atoms with Crippen LogP contribution in [0.5, 0.6) is 0 Å². The predicted molar refractivity (Wildman–Crippen MR) is 154 cm³/mol. The van der Waals surface area contributed by atoms with Gasteiger partial charge in [-0.3, -0.25) is 9.78 Å². The Morgan fingerprint density at radius 2 is 1.46 bits per heavy atom. The van der Waals surface area contributed by atoms with Crippen LogP contribution in [0, 0.1) is 11.8 Å². The number of hydrogen-bond donors (Lipinski definition) is 1. The highest BCUT2D eigenvalue weighted by molar-refractivity contribution is 6.11. The molecule has 2 heterocycles. The van der Waals surface area contributed by atoms with Gasteiger partial charge < -0.3 is 29.2 Å². The zero-order valence-electron chi connectivity index (χ0n) is 26.2. The van der Waals surface area contributed by atoms with Crippen molar-refractivity contribution >= 4 is 35.6 Å². The van der Waals surface area contributed by atoms with Crippen molar-refractivity contribution in [1.29, 1.82) is 0 Å². The van der Waals surface area contributed by atoms with E-state index in [9.17, 15) is 19.2 Å². The maximum absolute atomic E-state index is 13.4. The average Bonchev–Trinajstić information content (AvgIpc) is 2.77. The molecule has 0 saturated carbocycles. The molecule has 12 heteroatoms. The third-order valence-corrected chi connectivity index (χ3v) is 5.91. The first kappa shape index (κ1) is 33.6. The van der Waals surface area contributed by atoms with Crippen LogP contribution in [-0.4, -0.2) is 72.3 Å². The van der Waals surface area contributed by atoms with Crippen molar-refractivity contribution in [3.8, 4) is 0 Å². The van der Waals surface area contributed by atoms with E-state index < -0.39 is 47.1 Å². The molecule has 230 valence electrons. The number of rotatable bonds is 5. The van der Waals surface area contributed by atoms with Crippen LogP contribution < -0.4 is 15.1 Å². The summed E-state index contributed by atoms with van der Waals surface area (Å²) < 4.78 is 21.5. The van der Waals surface area contributed by atoms with Gasteiger partial charge in [0.25, 0.3) is 0 Å². The molecule has 1 aliphatic heterocycles. The molecule has 0 aliphatic carbocycles. The molecular formula is C29H46N4O8. The number of carbonyl (C=O) groups excluding carboxylic acids is 4. The average molecular weight is 579 g/mol. The van der Waals surface area contributed by atoms with Gasteiger partial charge in [0.1, 0.15) is 22.5 Å². The fourth-order valence-electron chi connectivity index (χ4n) is 4.54. The van der Waals surface area contributed by atoms with E-state index in [0.29, 0.717) is 18.8 Å². The Morgan fingerprint density at radius 1 is 0.927 bits per heavy atom. The number of nitrogens with zero attached hydrogens (tertiary/aromatic N) is 3. The molecule has 3 atom stereocenters. The first-order valence-corrected chi connectivity index (χ1v) is 13.7. The van der Waals surface area contributed by atoms with Crippen molar-refractivity contribution in [3.63, 3.8) is 0 Å². The zero-order valence-corrected chi connectivity index (χ0v) is 26.2. The van der Waals surface area contributed by atoms with Crippen LogP contribution in [0.4, 0.5) is 25.8 Å². The second-order valence-corrected chi connectivity index (χ2v) is 13.3. The molecule has 12 nitrogen and oxygen atoms in total. The van der Waals surface area contributed by atoms with E-state index in [2.05, 4.69) is 10.3 Å². The highest BCUT2D eigenvalue weighted by Crippen LogP contribution is 2.36. The van der Waals surface area contributed by atoms with Crippen LogP contribution >= 0.6 is 0 Å². The highest BCUT2D eigenvalue weighted by atomic mass is 16.6. The lowest BCUT2D eigenvalue weighted by atomic mass is 9.82. The van der Waals surface area contributed by atoms with Gasteiger partial charge in [0.2, 0.25) is 0 Å². The number of carbonyl (C=O) groups is 4. The van der Waals surface area contributed by atoms with Gasteiger partial charge in [-0.25, -0.2) is 14.4 Å². The minimum atomic E-state index is -0.915. The second kappa shape index (κ2) is 12.9. The van der Waals surface area contributed by atoms with Crippen molar-refractivity contribution in [3.05, 3.63) is 18.5 Å². The van der Waals surface area contributed by atoms with Crippen LogP contribution in [0.15, 0.2) is 18.5 Å². The van der Waals surface area contributed by atoms with E-state index in [4.69, 9.17) is 18.9 Å². The number of imide groups is 1. The highest BCUT2D eigenvalue weighted by Gasteiger charge is 2.40. The van der Waals surface area contributed by atoms with Gasteiger partial charge in [-0.05, 0) is 74.3 Å². The van der Waals surface area contributed by atoms with E-state index in [1.54, 1.807) is 74.6 Å². The van der Waals surface area contributed by atoms with Gasteiger partial charge in [-0.1, -0.05) is 6.92 Å². The molecule has 1 aliphatic rings. The van der Waals surface area contributed by atoms with Crippen molar-refractivity contribution in [1.82, 2.24) is 10.3 Å². The third kappa shape index (κ3) is 10.4. The largest absolute Gasteiger partial charge is 0.460 e. The summed E-state index contributed by atoms with van der Waals surface area (Å²) in [5.74, 6) is -0.953. The van der Waals surface area contributed by atoms with Gasteiger partial charge in [0, 0.05) is 31.2 Å². The second-order valence-electron chi connectivity index (χ2n) is 13.3. The van der Waals surface area contributed by atoms with Gasteiger partial charge in [0.15, 0.2) is 0 Å². The molecule has 3 amide bonds. The molecule has 2 rings (SSSR count). The molecule has 0 unspecified atom stereocenters. The standard InChI is InChI=1S/C29H46N4O8/c1-18-16-32(17-19(23(18)31-24(35)38-11)14-22(34)39-27(2,3)4)20-12-13-30-15-21(20)33(25(36)40-28(5,6)7)26(37)41-29(8,9)10/h12-13,15,18-19,23H,14,16-17H2,1-11H3,(H,31,35)/t18-,19+,23-/m0/s1. The normalized spacial score (nSPS) is 19.6. The number of esters is 1. The molecule has 0 bridgehead atoms. The fourth-order valence-corrected chi connectivity index (χ4v) is 4.54. The minimum Gasteiger partial charge on any atom is -0.460 e. The first-order valence-electron chi connectivity index (χ1n) is 13.7. The fraction of sp³-hybridized carbons (Fsp3) is 0.690. The summed E-state index contributed by atoms with van der Waals surface area (Å²) in [6.07, 6.45) is 0.538. The number of nitrogens with one attached hydrogen (secondary N) is 1. The van der Waals surface area contributed by atoms with Crippen LogP contribution in [0.3, 0.4) is 0 Å². The first-order chi connectivity index (χ1) is 18.7. The summed E-state index contributed by atoms with van der Waals surface area (Å²) in [7, 11) is 1.28. The third-order valence-electron chi connectivity index (χ3n) is 5.91. The van der Waals surface area contributed by atoms with Gasteiger partial charge in [-0.2, -0.15) is 4.90 Å². The summed E-state index contributed by atoms with van der Waals surface area (Å²) in [6, 6.07) is 1.28. The van der Waals surface area contributed by atoms with Crippen molar-refractivity contribution < 1.29 is 38.1 Å². The topological polar surface area (TPSA) is 137 Å². The Hall–Kier alpha value is -3.57. The molecule has 1 aromatic heterocycles. The summed E-state index contributed by atoms with van der Waals surface area (Å²) in [6.45, 7) is 18.2. The minimum absolute atomic E-state index is 0.0229. The van der Waals surface area contributed by atoms with E-state index in [1.165, 1.54) is 13.3 Å². The maximum Gasteiger partial charge on any atom is 0.424 e. The molecule has 0 radical (unpaired) electrons. The summed E-state index contributed by atoms with van der Waals surface area (Å²) >= 11 is 0. The van der Waals surface area contributed by atoms with E-state index >= 15 is 0 Å². The molecule has 0 aromatic carbocycles. The lowest BCUT2D eigenvalue weighted by Crippen LogP contribution is -2.56. The lowest BCUT2D eigenvalue weighted by Gasteiger charge is -2.44. The number of piperidine rings is 1. The quantitative estimate of drug-likeness (QED) is 0.363. The predicted octanol–water partition coefficient (Wildman–Crippen LogP) is 5.29. The maximum atomic E-state index is 13.4. The van der Waals surface area contributed by atoms with Crippen LogP contribution in [-0.2, 0) is 23.7 Å². The van der Waals surface area contributed by atoms with Crippen LogP contribution in [0.1, 0.15) is 75.7 Å². The molecule has 0 spiro atoms. The van der Waals surface area contributed by atoms with Crippen molar-refractivity contribution in [2.75, 3.05) is 30.0 Å². The Balaban J connectivity index is 2.53. The summed E-state index contributed by atoms with van der Waals surface area (Å²) in [5, 5.41) is 2.87. The smallest absolute Gasteiger partial charge is 0.424 e. The Bertz CT molecular complexity index is 1080. The number of pyridine rings is 1. The van der Waals surface area contributed by atoms with Crippen molar-refractivity contribution in [2.24, 2.45) is 11.8 Å². The number of alkyl carbamates (subject to hydrolysis) is 1. The molecule has 1 saturated heterocycles. The van der Waals surface area contributed by atoms with Crippen LogP contribution in [0.25, 0.3) is 0 Å². The molecule has 1 fully saturated rings. The van der Waals surface area contributed by atoms with E-state index in [0.717, 1.165) is 4.90 Å². The van der Waals surface area contributed by atoms with E-state index in [1.807, 2.05) is 11.8 Å². The SMILES string of the molecule is COC(=O)N[C@@H]1[C@H](CC(=O)OC(C)(C)C)CN(c2ccncc2N(C(=O)OC(C)(C)C)C(=O)OC(C)(C)C)C[C@@H]1C. The summed E-state index contributed by atoms with van der Waals surface area (Å²) in [4.78, 5) is 58.8. The molecular weight excluding hydrogens is 532 g/mol. The lowest BCUT2D eigenvalue weighted by molar-refractivity contribution is -0.156. The van der Waals surface area contributed by atoms with E-state index in [-0.39, 0.29) is 23.9 Å². The van der Waals surface area contributed by atoms with Crippen molar-refractivity contribution in [2.45, 2.75) is 98.5 Å². The summed E-state index contributed by atoms with van der Waals surface area (Å²) in [5.41, 5.74) is -1.77. The molecule has 41 heavy (non-hydrogen) atoms. The van der Waals surface area contributed by atoms with Gasteiger partial charge in [0.05, 0.1) is 25.4 Å². The monoisotopic (exact) mass is 578 g/mol.